The predicted octanol–water partition coefficient (Wildman–Crippen LogP) is 0.727. The van der Waals surface area contributed by atoms with E-state index in [2.05, 4.69) is 4.74 Å². The zero-order valence-electron chi connectivity index (χ0n) is 6.51. The Balaban J connectivity index is 2.44. The van der Waals surface area contributed by atoms with Gasteiger partial charge in [0.25, 0.3) is 0 Å². The number of ether oxygens (including phenoxy) is 2. The van der Waals surface area contributed by atoms with Crippen molar-refractivity contribution in [2.75, 3.05) is 7.11 Å². The van der Waals surface area contributed by atoms with Crippen molar-refractivity contribution >= 4 is 5.97 Å². The highest BCUT2D eigenvalue weighted by molar-refractivity contribution is 5.79. The second-order valence-electron chi connectivity index (χ2n) is 2.69. The van der Waals surface area contributed by atoms with Gasteiger partial charge in [0, 0.05) is 0 Å². The van der Waals surface area contributed by atoms with Gasteiger partial charge in [0.05, 0.1) is 7.11 Å². The fourth-order valence-corrected chi connectivity index (χ4v) is 0.908. The van der Waals surface area contributed by atoms with E-state index in [0.717, 1.165) is 6.42 Å². The molecule has 0 aliphatic carbocycles. The van der Waals surface area contributed by atoms with E-state index < -0.39 is 0 Å². The van der Waals surface area contributed by atoms with E-state index in [1.165, 1.54) is 7.11 Å². The minimum Gasteiger partial charge on any atom is -0.467 e. The molecule has 1 aliphatic heterocycles. The Labute approximate surface area is 60.3 Å². The van der Waals surface area contributed by atoms with Crippen LogP contribution >= 0.6 is 0 Å². The molecule has 3 nitrogen and oxygen atoms in total. The first-order valence-electron chi connectivity index (χ1n) is 3.39. The minimum absolute atomic E-state index is 0.243. The van der Waals surface area contributed by atoms with Crippen LogP contribution in [0.5, 0.6) is 0 Å². The number of hydrogen-bond acceptors (Lipinski definition) is 3. The second-order valence-corrected chi connectivity index (χ2v) is 2.69. The number of carbonyl (C=O) groups is 1. The Kier molecular flexibility index (Phi) is 1.68. The summed E-state index contributed by atoms with van der Waals surface area (Å²) in [5.74, 6) is -0.260. The highest BCUT2D eigenvalue weighted by Gasteiger charge is 2.56. The van der Waals surface area contributed by atoms with Crippen LogP contribution in [0.25, 0.3) is 0 Å². The molecule has 10 heavy (non-hydrogen) atoms. The molecule has 0 bridgehead atoms. The smallest absolute Gasteiger partial charge is 0.338 e. The van der Waals surface area contributed by atoms with Crippen LogP contribution in [-0.2, 0) is 14.3 Å². The van der Waals surface area contributed by atoms with Crippen LogP contribution in [0.4, 0.5) is 0 Å². The summed E-state index contributed by atoms with van der Waals surface area (Å²) in [6, 6.07) is 0. The first kappa shape index (κ1) is 7.54. The van der Waals surface area contributed by atoms with Crippen molar-refractivity contribution in [2.24, 2.45) is 0 Å². The standard InChI is InChI=1S/C7H12O3/c1-4-7(2)5(10-7)6(8)9-3/h5H,4H2,1-3H3/t5-,7+/m0/s1. The average Bonchev–Trinajstić information content (AvgIpc) is 2.62. The minimum atomic E-state index is -0.317. The third kappa shape index (κ3) is 1.01. The number of esters is 1. The molecule has 0 aromatic rings. The Bertz CT molecular complexity index is 155. The van der Waals surface area contributed by atoms with E-state index in [0.29, 0.717) is 0 Å². The molecule has 2 atom stereocenters. The van der Waals surface area contributed by atoms with Gasteiger partial charge in [-0.25, -0.2) is 4.79 Å². The van der Waals surface area contributed by atoms with Crippen LogP contribution < -0.4 is 0 Å². The Hall–Kier alpha value is -0.570. The maximum absolute atomic E-state index is 10.8. The van der Waals surface area contributed by atoms with Crippen LogP contribution in [0.1, 0.15) is 20.3 Å². The molecule has 3 heteroatoms. The van der Waals surface area contributed by atoms with Gasteiger partial charge >= 0.3 is 5.97 Å². The zero-order valence-corrected chi connectivity index (χ0v) is 6.51. The summed E-state index contributed by atoms with van der Waals surface area (Å²) in [6.45, 7) is 3.90. The van der Waals surface area contributed by atoms with Gasteiger partial charge in [0.2, 0.25) is 0 Å². The van der Waals surface area contributed by atoms with E-state index in [1.54, 1.807) is 0 Å². The summed E-state index contributed by atoms with van der Waals surface area (Å²) in [7, 11) is 1.38. The third-order valence-electron chi connectivity index (χ3n) is 2.00. The highest BCUT2D eigenvalue weighted by Crippen LogP contribution is 2.39. The molecule has 1 heterocycles. The summed E-state index contributed by atoms with van der Waals surface area (Å²) < 4.78 is 9.64. The molecule has 1 rings (SSSR count). The van der Waals surface area contributed by atoms with E-state index in [9.17, 15) is 4.79 Å². The van der Waals surface area contributed by atoms with E-state index in [1.807, 2.05) is 13.8 Å². The van der Waals surface area contributed by atoms with Crippen molar-refractivity contribution in [1.29, 1.82) is 0 Å². The molecule has 0 spiro atoms. The average molecular weight is 144 g/mol. The van der Waals surface area contributed by atoms with Crippen molar-refractivity contribution in [3.63, 3.8) is 0 Å². The Morgan fingerprint density at radius 2 is 2.40 bits per heavy atom. The summed E-state index contributed by atoms with van der Waals surface area (Å²) in [5.41, 5.74) is -0.243. The molecule has 0 aromatic carbocycles. The van der Waals surface area contributed by atoms with Crippen LogP contribution in [0.15, 0.2) is 0 Å². The maximum atomic E-state index is 10.8. The van der Waals surface area contributed by atoms with E-state index >= 15 is 0 Å². The molecule has 0 N–H and O–H groups in total. The zero-order chi connectivity index (χ0) is 7.78. The summed E-state index contributed by atoms with van der Waals surface area (Å²) >= 11 is 0. The third-order valence-corrected chi connectivity index (χ3v) is 2.00. The normalized spacial score (nSPS) is 37.3. The molecule has 1 aliphatic rings. The van der Waals surface area contributed by atoms with Gasteiger partial charge in [-0.1, -0.05) is 6.92 Å². The Morgan fingerprint density at radius 3 is 2.70 bits per heavy atom. The van der Waals surface area contributed by atoms with Crippen molar-refractivity contribution in [2.45, 2.75) is 32.0 Å². The van der Waals surface area contributed by atoms with Gasteiger partial charge < -0.3 is 9.47 Å². The quantitative estimate of drug-likeness (QED) is 0.423. The molecular formula is C7H12O3. The van der Waals surface area contributed by atoms with Gasteiger partial charge in [0.1, 0.15) is 5.60 Å². The molecule has 58 valence electrons. The first-order chi connectivity index (χ1) is 4.64. The van der Waals surface area contributed by atoms with Crippen LogP contribution in [0, 0.1) is 0 Å². The van der Waals surface area contributed by atoms with E-state index in [-0.39, 0.29) is 17.7 Å². The number of carbonyl (C=O) groups excluding carboxylic acids is 1. The lowest BCUT2D eigenvalue weighted by Crippen LogP contribution is -2.17. The van der Waals surface area contributed by atoms with Gasteiger partial charge in [-0.2, -0.15) is 0 Å². The largest absolute Gasteiger partial charge is 0.467 e. The van der Waals surface area contributed by atoms with Crippen molar-refractivity contribution < 1.29 is 14.3 Å². The molecule has 0 unspecified atom stereocenters. The molecule has 1 saturated heterocycles. The number of rotatable bonds is 2. The summed E-state index contributed by atoms with van der Waals surface area (Å²) in [4.78, 5) is 10.8. The Morgan fingerprint density at radius 1 is 1.80 bits per heavy atom. The van der Waals surface area contributed by atoms with Gasteiger partial charge in [-0.3, -0.25) is 0 Å². The van der Waals surface area contributed by atoms with Crippen LogP contribution in [0.3, 0.4) is 0 Å². The fourth-order valence-electron chi connectivity index (χ4n) is 0.908. The fraction of sp³-hybridized carbons (Fsp3) is 0.857. The van der Waals surface area contributed by atoms with Gasteiger partial charge in [-0.05, 0) is 13.3 Å². The topological polar surface area (TPSA) is 38.8 Å². The first-order valence-corrected chi connectivity index (χ1v) is 3.39. The highest BCUT2D eigenvalue weighted by atomic mass is 16.6. The molecule has 1 fully saturated rings. The predicted molar refractivity (Wildman–Crippen MR) is 35.6 cm³/mol. The SMILES string of the molecule is CC[C@@]1(C)O[C@H]1C(=O)OC. The van der Waals surface area contributed by atoms with Crippen LogP contribution in [0.2, 0.25) is 0 Å². The van der Waals surface area contributed by atoms with Crippen molar-refractivity contribution in [3.05, 3.63) is 0 Å². The summed E-state index contributed by atoms with van der Waals surface area (Å²) in [5, 5.41) is 0. The lowest BCUT2D eigenvalue weighted by Gasteiger charge is -1.98. The van der Waals surface area contributed by atoms with E-state index in [4.69, 9.17) is 4.74 Å². The number of epoxide rings is 1. The monoisotopic (exact) mass is 144 g/mol. The molecule has 0 aromatic heterocycles. The molecular weight excluding hydrogens is 132 g/mol. The maximum Gasteiger partial charge on any atom is 0.338 e. The van der Waals surface area contributed by atoms with Crippen LogP contribution in [-0.4, -0.2) is 24.8 Å². The van der Waals surface area contributed by atoms with Crippen molar-refractivity contribution in [3.8, 4) is 0 Å². The number of methoxy groups -OCH3 is 1. The summed E-state index contributed by atoms with van der Waals surface area (Å²) in [6.07, 6.45) is 0.537. The molecule has 0 radical (unpaired) electrons. The molecule has 0 saturated carbocycles. The molecule has 0 amide bonds. The lowest BCUT2D eigenvalue weighted by atomic mass is 10.1. The second kappa shape index (κ2) is 2.23. The lowest BCUT2D eigenvalue weighted by molar-refractivity contribution is -0.142. The van der Waals surface area contributed by atoms with Crippen molar-refractivity contribution in [1.82, 2.24) is 0 Å². The van der Waals surface area contributed by atoms with Gasteiger partial charge in [0.15, 0.2) is 6.10 Å². The number of hydrogen-bond donors (Lipinski definition) is 0. The van der Waals surface area contributed by atoms with Gasteiger partial charge in [-0.15, -0.1) is 0 Å².